The number of anilines is 1. The van der Waals surface area contributed by atoms with E-state index in [1.165, 1.54) is 13.8 Å². The molecule has 2 aliphatic rings. The fourth-order valence-electron chi connectivity index (χ4n) is 4.95. The quantitative estimate of drug-likeness (QED) is 0.168. The number of nitrogens with zero attached hydrogens (tertiary/aromatic N) is 3. The molecule has 1 unspecified atom stereocenters. The van der Waals surface area contributed by atoms with Gasteiger partial charge in [-0.15, -0.1) is 0 Å². The van der Waals surface area contributed by atoms with Gasteiger partial charge in [-0.2, -0.15) is 5.26 Å². The van der Waals surface area contributed by atoms with Crippen LogP contribution in [0.1, 0.15) is 61.4 Å². The number of alkyl halides is 1. The van der Waals surface area contributed by atoms with E-state index in [1.54, 1.807) is 6.20 Å². The van der Waals surface area contributed by atoms with Crippen LogP contribution in [0.4, 0.5) is 10.1 Å². The summed E-state index contributed by atoms with van der Waals surface area (Å²) in [7, 11) is -4.05. The maximum atomic E-state index is 14.4. The molecule has 1 aromatic heterocycles. The number of benzene rings is 2. The molecule has 0 bridgehead atoms. The number of hydrogen-bond donors (Lipinski definition) is 3. The second kappa shape index (κ2) is 10.5. The van der Waals surface area contributed by atoms with Gasteiger partial charge in [0.25, 0.3) is 0 Å². The largest absolute Gasteiger partial charge is 0.326 e. The molecule has 39 heavy (non-hydrogen) atoms. The standard InChI is InChI=1S/C29H33FN6O2S/c1-18-4-9-22(10-5-18)35-28(33-17-31)36-23-11-8-20-12-21-15-32-26(19-6-7-19)14-25(21)27(24(20)13-23)39(37,38)34-16-29(2,3)30/h4-5,9-10,12,14-15,19,23,34H,6-8,11,13,16H2,1-3H3,(H2,33,35,36). The lowest BCUT2D eigenvalue weighted by molar-refractivity contribution is 0.221. The van der Waals surface area contributed by atoms with E-state index in [0.717, 1.165) is 40.7 Å². The Morgan fingerprint density at radius 3 is 2.62 bits per heavy atom. The number of aromatic nitrogens is 1. The Morgan fingerprint density at radius 2 is 1.95 bits per heavy atom. The summed E-state index contributed by atoms with van der Waals surface area (Å²) in [6.45, 7) is 4.35. The molecule has 0 radical (unpaired) electrons. The molecule has 3 N–H and O–H groups in total. The summed E-state index contributed by atoms with van der Waals surface area (Å²) in [5, 5.41) is 16.4. The molecule has 0 spiro atoms. The summed E-state index contributed by atoms with van der Waals surface area (Å²) in [6.07, 6.45) is 7.44. The SMILES string of the molecule is Cc1ccc(NC(=NC2CCc3cc4cnc(C5CC5)cc4c(S(=O)(=O)NCC(C)(C)F)c3C2)NC#N)cc1. The summed E-state index contributed by atoms with van der Waals surface area (Å²) in [5.41, 5.74) is 2.69. The molecule has 2 aromatic carbocycles. The molecule has 1 atom stereocenters. The van der Waals surface area contributed by atoms with Gasteiger partial charge in [-0.05, 0) is 88.3 Å². The molecule has 0 aliphatic heterocycles. The highest BCUT2D eigenvalue weighted by molar-refractivity contribution is 7.89. The summed E-state index contributed by atoms with van der Waals surface area (Å²) in [4.78, 5) is 9.56. The van der Waals surface area contributed by atoms with E-state index in [9.17, 15) is 18.1 Å². The van der Waals surface area contributed by atoms with Crippen molar-refractivity contribution in [3.63, 3.8) is 0 Å². The first kappa shape index (κ1) is 27.0. The third kappa shape index (κ3) is 6.37. The van der Waals surface area contributed by atoms with E-state index < -0.39 is 15.7 Å². The fourth-order valence-corrected chi connectivity index (χ4v) is 6.63. The van der Waals surface area contributed by atoms with Crippen molar-refractivity contribution < 1.29 is 12.8 Å². The first-order valence-electron chi connectivity index (χ1n) is 13.2. The van der Waals surface area contributed by atoms with Crippen molar-refractivity contribution >= 4 is 32.4 Å². The number of rotatable bonds is 7. The van der Waals surface area contributed by atoms with Crippen molar-refractivity contribution in [1.29, 1.82) is 5.26 Å². The molecule has 1 fully saturated rings. The second-order valence-electron chi connectivity index (χ2n) is 11.1. The van der Waals surface area contributed by atoms with E-state index >= 15 is 0 Å². The van der Waals surface area contributed by atoms with Crippen LogP contribution < -0.4 is 15.4 Å². The maximum Gasteiger partial charge on any atom is 0.241 e. The van der Waals surface area contributed by atoms with Crippen molar-refractivity contribution in [3.8, 4) is 6.19 Å². The lowest BCUT2D eigenvalue weighted by Gasteiger charge is -2.27. The van der Waals surface area contributed by atoms with Gasteiger partial charge in [-0.3, -0.25) is 10.3 Å². The smallest absolute Gasteiger partial charge is 0.241 e. The van der Waals surface area contributed by atoms with Crippen molar-refractivity contribution in [2.45, 2.75) is 75.4 Å². The van der Waals surface area contributed by atoms with Gasteiger partial charge in [-0.1, -0.05) is 17.7 Å². The molecule has 10 heteroatoms. The zero-order chi connectivity index (χ0) is 27.8. The maximum absolute atomic E-state index is 14.4. The van der Waals surface area contributed by atoms with Gasteiger partial charge in [-0.25, -0.2) is 22.5 Å². The number of hydrogen-bond acceptors (Lipinski definition) is 5. The van der Waals surface area contributed by atoms with Crippen molar-refractivity contribution in [1.82, 2.24) is 15.0 Å². The first-order chi connectivity index (χ1) is 18.5. The Bertz CT molecular complexity index is 1570. The predicted molar refractivity (Wildman–Crippen MR) is 151 cm³/mol. The summed E-state index contributed by atoms with van der Waals surface area (Å²) < 4.78 is 44.4. The van der Waals surface area contributed by atoms with Crippen LogP contribution in [0.5, 0.6) is 0 Å². The van der Waals surface area contributed by atoms with Crippen LogP contribution in [-0.4, -0.2) is 37.6 Å². The van der Waals surface area contributed by atoms with Crippen molar-refractivity contribution in [2.24, 2.45) is 4.99 Å². The third-order valence-corrected chi connectivity index (χ3v) is 8.65. The summed E-state index contributed by atoms with van der Waals surface area (Å²) in [6, 6.07) is 11.4. The molecule has 1 heterocycles. The van der Waals surface area contributed by atoms with E-state index in [2.05, 4.69) is 20.3 Å². The van der Waals surface area contributed by atoms with Gasteiger partial charge in [0.15, 0.2) is 6.19 Å². The number of nitriles is 1. The molecule has 204 valence electrons. The minimum atomic E-state index is -4.05. The minimum absolute atomic E-state index is 0.185. The zero-order valence-electron chi connectivity index (χ0n) is 22.4. The number of aryl methyl sites for hydroxylation is 2. The number of halogens is 1. The molecular weight excluding hydrogens is 515 g/mol. The average Bonchev–Trinajstić information content (AvgIpc) is 3.73. The normalized spacial score (nSPS) is 17.9. The monoisotopic (exact) mass is 548 g/mol. The van der Waals surface area contributed by atoms with Gasteiger partial charge in [0.2, 0.25) is 16.0 Å². The Labute approximate surface area is 228 Å². The van der Waals surface area contributed by atoms with Gasteiger partial charge >= 0.3 is 0 Å². The third-order valence-electron chi connectivity index (χ3n) is 7.13. The van der Waals surface area contributed by atoms with Crippen LogP contribution in [0.25, 0.3) is 10.8 Å². The highest BCUT2D eigenvalue weighted by Gasteiger charge is 2.32. The van der Waals surface area contributed by atoms with Crippen LogP contribution in [0, 0.1) is 18.4 Å². The van der Waals surface area contributed by atoms with E-state index in [0.29, 0.717) is 42.1 Å². The number of aliphatic imine (C=N–C) groups is 1. The Morgan fingerprint density at radius 1 is 1.21 bits per heavy atom. The van der Waals surface area contributed by atoms with Crippen LogP contribution in [0.15, 0.2) is 52.5 Å². The topological polar surface area (TPSA) is 119 Å². The van der Waals surface area contributed by atoms with Gasteiger partial charge in [0.1, 0.15) is 5.67 Å². The molecule has 3 aromatic rings. The molecular formula is C29H33FN6O2S. The first-order valence-corrected chi connectivity index (χ1v) is 14.7. The van der Waals surface area contributed by atoms with E-state index in [4.69, 9.17) is 4.99 Å². The lowest BCUT2D eigenvalue weighted by atomic mass is 9.86. The van der Waals surface area contributed by atoms with Crippen LogP contribution in [0.2, 0.25) is 0 Å². The highest BCUT2D eigenvalue weighted by atomic mass is 32.2. The summed E-state index contributed by atoms with van der Waals surface area (Å²) >= 11 is 0. The number of nitrogens with one attached hydrogen (secondary N) is 3. The molecule has 1 saturated carbocycles. The molecule has 5 rings (SSSR count). The van der Waals surface area contributed by atoms with Gasteiger partial charge < -0.3 is 5.32 Å². The molecule has 2 aliphatic carbocycles. The zero-order valence-corrected chi connectivity index (χ0v) is 23.2. The second-order valence-corrected chi connectivity index (χ2v) is 12.8. The van der Waals surface area contributed by atoms with Crippen molar-refractivity contribution in [3.05, 3.63) is 65.0 Å². The van der Waals surface area contributed by atoms with Crippen LogP contribution in [0.3, 0.4) is 0 Å². The molecule has 0 amide bonds. The average molecular weight is 549 g/mol. The number of guanidine groups is 1. The number of fused-ring (bicyclic) bond motifs is 2. The van der Waals surface area contributed by atoms with E-state index in [-0.39, 0.29) is 17.5 Å². The predicted octanol–water partition coefficient (Wildman–Crippen LogP) is 4.84. The van der Waals surface area contributed by atoms with Crippen molar-refractivity contribution in [2.75, 3.05) is 11.9 Å². The number of sulfonamides is 1. The van der Waals surface area contributed by atoms with Gasteiger partial charge in [0, 0.05) is 40.8 Å². The molecule has 0 saturated heterocycles. The lowest BCUT2D eigenvalue weighted by Crippen LogP contribution is -2.36. The Kier molecular flexibility index (Phi) is 7.31. The molecule has 8 nitrogen and oxygen atoms in total. The minimum Gasteiger partial charge on any atom is -0.326 e. The Balaban J connectivity index is 1.55. The summed E-state index contributed by atoms with van der Waals surface area (Å²) in [5.74, 6) is 0.654. The van der Waals surface area contributed by atoms with E-state index in [1.807, 2.05) is 49.5 Å². The van der Waals surface area contributed by atoms with Crippen LogP contribution in [-0.2, 0) is 22.9 Å². The number of pyridine rings is 1. The van der Waals surface area contributed by atoms with Crippen LogP contribution >= 0.6 is 0 Å². The fraction of sp³-hybridized carbons (Fsp3) is 0.414. The highest BCUT2D eigenvalue weighted by Crippen LogP contribution is 2.42. The Hall–Kier alpha value is -3.55. The van der Waals surface area contributed by atoms with Gasteiger partial charge in [0.05, 0.1) is 10.9 Å².